The summed E-state index contributed by atoms with van der Waals surface area (Å²) in [5.41, 5.74) is 2.43. The van der Waals surface area contributed by atoms with Gasteiger partial charge in [-0.05, 0) is 48.6 Å². The SMILES string of the molecule is O=[N+]([O-])c1cccc(-c2ccc([C@H]3[C@@H](c4ccccn4)NC(=S)N3c3ccccc3)o2)c1. The van der Waals surface area contributed by atoms with Crippen molar-refractivity contribution in [2.75, 3.05) is 4.90 Å². The van der Waals surface area contributed by atoms with Gasteiger partial charge >= 0.3 is 0 Å². The minimum atomic E-state index is -0.416. The summed E-state index contributed by atoms with van der Waals surface area (Å²) in [5, 5.41) is 15.1. The highest BCUT2D eigenvalue weighted by atomic mass is 32.1. The lowest BCUT2D eigenvalue weighted by atomic mass is 10.0. The Labute approximate surface area is 189 Å². The van der Waals surface area contributed by atoms with E-state index in [0.717, 1.165) is 11.4 Å². The zero-order chi connectivity index (χ0) is 22.1. The number of nitrogens with zero attached hydrogens (tertiary/aromatic N) is 3. The maximum absolute atomic E-state index is 11.2. The molecule has 1 N–H and O–H groups in total. The summed E-state index contributed by atoms with van der Waals surface area (Å²) in [7, 11) is 0. The van der Waals surface area contributed by atoms with E-state index < -0.39 is 4.92 Å². The van der Waals surface area contributed by atoms with Gasteiger partial charge in [-0.3, -0.25) is 15.1 Å². The third-order valence-corrected chi connectivity index (χ3v) is 5.71. The van der Waals surface area contributed by atoms with Crippen LogP contribution in [0, 0.1) is 10.1 Å². The summed E-state index contributed by atoms with van der Waals surface area (Å²) in [6.45, 7) is 0. The Morgan fingerprint density at radius 2 is 1.81 bits per heavy atom. The monoisotopic (exact) mass is 442 g/mol. The Kier molecular flexibility index (Phi) is 5.12. The molecule has 1 aliphatic heterocycles. The molecule has 4 aromatic rings. The maximum Gasteiger partial charge on any atom is 0.270 e. The molecule has 2 aromatic carbocycles. The molecule has 1 saturated heterocycles. The Balaban J connectivity index is 1.58. The predicted molar refractivity (Wildman–Crippen MR) is 125 cm³/mol. The van der Waals surface area contributed by atoms with Crippen LogP contribution in [0.5, 0.6) is 0 Å². The van der Waals surface area contributed by atoms with Gasteiger partial charge in [0, 0.05) is 29.6 Å². The first kappa shape index (κ1) is 19.9. The van der Waals surface area contributed by atoms with Crippen molar-refractivity contribution >= 4 is 28.7 Å². The number of para-hydroxylation sites is 1. The molecule has 0 saturated carbocycles. The summed E-state index contributed by atoms with van der Waals surface area (Å²) < 4.78 is 6.25. The fraction of sp³-hybridized carbons (Fsp3) is 0.0833. The molecule has 0 aliphatic carbocycles. The van der Waals surface area contributed by atoms with Gasteiger partial charge in [0.1, 0.15) is 17.6 Å². The molecular weight excluding hydrogens is 424 g/mol. The normalized spacial score (nSPS) is 17.9. The largest absolute Gasteiger partial charge is 0.459 e. The summed E-state index contributed by atoms with van der Waals surface area (Å²) in [6, 6.07) is 25.2. The number of hydrogen-bond acceptors (Lipinski definition) is 5. The van der Waals surface area contributed by atoms with E-state index >= 15 is 0 Å². The lowest BCUT2D eigenvalue weighted by Crippen LogP contribution is -2.29. The van der Waals surface area contributed by atoms with Crippen LogP contribution in [0.1, 0.15) is 23.5 Å². The molecule has 7 nitrogen and oxygen atoms in total. The smallest absolute Gasteiger partial charge is 0.270 e. The van der Waals surface area contributed by atoms with Crippen molar-refractivity contribution in [1.29, 1.82) is 0 Å². The lowest BCUT2D eigenvalue weighted by Gasteiger charge is -2.26. The van der Waals surface area contributed by atoms with Gasteiger partial charge in [0.2, 0.25) is 0 Å². The molecule has 1 aliphatic rings. The first-order valence-corrected chi connectivity index (χ1v) is 10.4. The van der Waals surface area contributed by atoms with E-state index in [9.17, 15) is 10.1 Å². The van der Waals surface area contributed by atoms with E-state index in [-0.39, 0.29) is 17.8 Å². The number of aromatic nitrogens is 1. The molecular formula is C24H18N4O3S. The summed E-state index contributed by atoms with van der Waals surface area (Å²) in [4.78, 5) is 17.3. The quantitative estimate of drug-likeness (QED) is 0.251. The number of benzene rings is 2. The van der Waals surface area contributed by atoms with Gasteiger partial charge < -0.3 is 14.6 Å². The molecule has 1 fully saturated rings. The zero-order valence-corrected chi connectivity index (χ0v) is 17.6. The van der Waals surface area contributed by atoms with E-state index in [1.807, 2.05) is 65.6 Å². The van der Waals surface area contributed by atoms with E-state index in [2.05, 4.69) is 10.3 Å². The highest BCUT2D eigenvalue weighted by molar-refractivity contribution is 7.80. The van der Waals surface area contributed by atoms with E-state index in [1.165, 1.54) is 12.1 Å². The number of thiocarbonyl (C=S) groups is 1. The van der Waals surface area contributed by atoms with E-state index in [0.29, 0.717) is 22.2 Å². The second kappa shape index (κ2) is 8.24. The van der Waals surface area contributed by atoms with Crippen LogP contribution in [0.15, 0.2) is 95.5 Å². The van der Waals surface area contributed by atoms with Gasteiger partial charge in [0.05, 0.1) is 16.7 Å². The molecule has 0 amide bonds. The molecule has 5 rings (SSSR count). The van der Waals surface area contributed by atoms with Gasteiger partial charge in [-0.25, -0.2) is 0 Å². The number of nitro groups is 1. The fourth-order valence-electron chi connectivity index (χ4n) is 3.95. The van der Waals surface area contributed by atoms with Crippen LogP contribution < -0.4 is 10.2 Å². The Morgan fingerprint density at radius 3 is 2.56 bits per heavy atom. The first-order chi connectivity index (χ1) is 15.6. The Bertz CT molecular complexity index is 1280. The molecule has 2 atom stereocenters. The second-order valence-corrected chi connectivity index (χ2v) is 7.73. The molecule has 158 valence electrons. The number of pyridine rings is 1. The minimum absolute atomic E-state index is 0.0152. The number of anilines is 1. The van der Waals surface area contributed by atoms with Crippen LogP contribution in [0.2, 0.25) is 0 Å². The van der Waals surface area contributed by atoms with Gasteiger partial charge in [0.25, 0.3) is 5.69 Å². The van der Waals surface area contributed by atoms with Crippen LogP contribution in [0.25, 0.3) is 11.3 Å². The van der Waals surface area contributed by atoms with Gasteiger partial charge in [-0.1, -0.05) is 36.4 Å². The van der Waals surface area contributed by atoms with Gasteiger partial charge in [0.15, 0.2) is 5.11 Å². The van der Waals surface area contributed by atoms with Crippen LogP contribution in [-0.4, -0.2) is 15.0 Å². The summed E-state index contributed by atoms with van der Waals surface area (Å²) in [5.74, 6) is 1.23. The Morgan fingerprint density at radius 1 is 1.00 bits per heavy atom. The molecule has 0 spiro atoms. The lowest BCUT2D eigenvalue weighted by molar-refractivity contribution is -0.384. The maximum atomic E-state index is 11.2. The molecule has 32 heavy (non-hydrogen) atoms. The zero-order valence-electron chi connectivity index (χ0n) is 16.8. The number of furan rings is 1. The summed E-state index contributed by atoms with van der Waals surface area (Å²) >= 11 is 5.69. The van der Waals surface area contributed by atoms with Crippen molar-refractivity contribution in [3.05, 3.63) is 113 Å². The van der Waals surface area contributed by atoms with Crippen LogP contribution in [-0.2, 0) is 0 Å². The number of non-ortho nitro benzene ring substituents is 1. The van der Waals surface area contributed by atoms with Crippen LogP contribution in [0.4, 0.5) is 11.4 Å². The van der Waals surface area contributed by atoms with Crippen molar-refractivity contribution in [2.24, 2.45) is 0 Å². The number of rotatable bonds is 5. The number of nitrogens with one attached hydrogen (secondary N) is 1. The van der Waals surface area contributed by atoms with Crippen molar-refractivity contribution < 1.29 is 9.34 Å². The first-order valence-electron chi connectivity index (χ1n) is 10.0. The third kappa shape index (κ3) is 3.61. The molecule has 0 radical (unpaired) electrons. The molecule has 2 aromatic heterocycles. The molecule has 0 unspecified atom stereocenters. The second-order valence-electron chi connectivity index (χ2n) is 7.34. The van der Waals surface area contributed by atoms with Crippen molar-refractivity contribution in [2.45, 2.75) is 12.1 Å². The fourth-order valence-corrected chi connectivity index (χ4v) is 4.30. The van der Waals surface area contributed by atoms with Crippen LogP contribution in [0.3, 0.4) is 0 Å². The number of nitro benzene ring substituents is 1. The number of hydrogen-bond donors (Lipinski definition) is 1. The predicted octanol–water partition coefficient (Wildman–Crippen LogP) is 5.43. The highest BCUT2D eigenvalue weighted by Crippen LogP contribution is 2.42. The van der Waals surface area contributed by atoms with Crippen molar-refractivity contribution in [3.63, 3.8) is 0 Å². The van der Waals surface area contributed by atoms with Crippen LogP contribution >= 0.6 is 12.2 Å². The molecule has 0 bridgehead atoms. The average molecular weight is 443 g/mol. The standard InChI is InChI=1S/C24H18N4O3S/c29-28(30)18-10-6-7-16(15-18)20-12-13-21(31-20)23-22(19-11-4-5-14-25-19)26-24(32)27(23)17-8-2-1-3-9-17/h1-15,22-23H,(H,26,32)/t22-,23+/m1/s1. The average Bonchev–Trinajstić information content (AvgIpc) is 3.45. The molecule has 3 heterocycles. The van der Waals surface area contributed by atoms with Crippen molar-refractivity contribution in [3.8, 4) is 11.3 Å². The topological polar surface area (TPSA) is 84.4 Å². The van der Waals surface area contributed by atoms with Gasteiger partial charge in [-0.15, -0.1) is 0 Å². The highest BCUT2D eigenvalue weighted by Gasteiger charge is 2.42. The third-order valence-electron chi connectivity index (χ3n) is 5.39. The van der Waals surface area contributed by atoms with Gasteiger partial charge in [-0.2, -0.15) is 0 Å². The molecule has 8 heteroatoms. The summed E-state index contributed by atoms with van der Waals surface area (Å²) in [6.07, 6.45) is 1.75. The minimum Gasteiger partial charge on any atom is -0.459 e. The Hall–Kier alpha value is -4.04. The van der Waals surface area contributed by atoms with Crippen molar-refractivity contribution in [1.82, 2.24) is 10.3 Å². The van der Waals surface area contributed by atoms with E-state index in [4.69, 9.17) is 16.6 Å². The van der Waals surface area contributed by atoms with E-state index in [1.54, 1.807) is 18.3 Å².